The lowest BCUT2D eigenvalue weighted by Crippen LogP contribution is -2.50. The summed E-state index contributed by atoms with van der Waals surface area (Å²) >= 11 is 1.48. The molecule has 9 nitrogen and oxygen atoms in total. The average molecular weight is 467 g/mol. The molecular weight excluding hydrogens is 440 g/mol. The molecule has 1 fully saturated rings. The van der Waals surface area contributed by atoms with Gasteiger partial charge in [-0.05, 0) is 50.4 Å². The molecule has 4 aromatic rings. The van der Waals surface area contributed by atoms with Crippen molar-refractivity contribution < 1.29 is 9.53 Å². The lowest BCUT2D eigenvalue weighted by atomic mass is 10.2. The fourth-order valence-corrected chi connectivity index (χ4v) is 4.87. The predicted molar refractivity (Wildman–Crippen MR) is 132 cm³/mol. The van der Waals surface area contributed by atoms with E-state index >= 15 is 0 Å². The summed E-state index contributed by atoms with van der Waals surface area (Å²) in [5, 5.41) is 1.90. The second-order valence-electron chi connectivity index (χ2n) is 9.15. The molecule has 0 bridgehead atoms. The summed E-state index contributed by atoms with van der Waals surface area (Å²) in [5.74, 6) is 0.450. The molecule has 0 radical (unpaired) electrons. The number of H-pyrrole nitrogens is 2. The van der Waals surface area contributed by atoms with Gasteiger partial charge < -0.3 is 30.2 Å². The van der Waals surface area contributed by atoms with Crippen molar-refractivity contribution in [3.8, 4) is 11.4 Å². The first-order valence-corrected chi connectivity index (χ1v) is 11.7. The van der Waals surface area contributed by atoms with Crippen LogP contribution in [0.25, 0.3) is 32.6 Å². The summed E-state index contributed by atoms with van der Waals surface area (Å²) in [4.78, 5) is 39.7. The molecule has 1 aliphatic rings. The van der Waals surface area contributed by atoms with Crippen molar-refractivity contribution in [2.75, 3.05) is 36.8 Å². The number of nitrogens with one attached hydrogen (secondary N) is 2. The van der Waals surface area contributed by atoms with Crippen LogP contribution in [0.5, 0.6) is 0 Å². The first-order chi connectivity index (χ1) is 15.7. The number of fused-ring (bicyclic) bond motifs is 2. The number of hydrogen-bond acceptors (Lipinski definition) is 7. The summed E-state index contributed by atoms with van der Waals surface area (Å²) in [7, 11) is 0. The second kappa shape index (κ2) is 7.80. The Kier molecular flexibility index (Phi) is 5.04. The number of imidazole rings is 1. The van der Waals surface area contributed by atoms with Gasteiger partial charge in [0.25, 0.3) is 5.56 Å². The van der Waals surface area contributed by atoms with E-state index in [1.54, 1.807) is 4.90 Å². The third-order valence-corrected chi connectivity index (χ3v) is 6.60. The number of carbonyl (C=O) groups excluding carboxylic acids is 1. The number of nitrogen functional groups attached to an aromatic ring is 1. The van der Waals surface area contributed by atoms with Gasteiger partial charge in [-0.3, -0.25) is 4.79 Å². The van der Waals surface area contributed by atoms with E-state index in [2.05, 4.69) is 19.9 Å². The number of carbonyl (C=O) groups is 1. The maximum Gasteiger partial charge on any atom is 0.410 e. The Labute approximate surface area is 194 Å². The van der Waals surface area contributed by atoms with Crippen LogP contribution >= 0.6 is 11.3 Å². The largest absolute Gasteiger partial charge is 0.444 e. The molecule has 3 aromatic heterocycles. The van der Waals surface area contributed by atoms with Gasteiger partial charge >= 0.3 is 6.09 Å². The molecule has 4 N–H and O–H groups in total. The zero-order valence-electron chi connectivity index (χ0n) is 18.8. The topological polar surface area (TPSA) is 120 Å². The second-order valence-corrected chi connectivity index (χ2v) is 10.1. The predicted octanol–water partition coefficient (Wildman–Crippen LogP) is 3.77. The van der Waals surface area contributed by atoms with Gasteiger partial charge in [-0.1, -0.05) is 0 Å². The van der Waals surface area contributed by atoms with Crippen LogP contribution in [0.1, 0.15) is 20.8 Å². The SMILES string of the molecule is CC(C)(C)OC(=O)N1CCN(c2ccc3nc(-c4c(N)c5sccc5[nH]c4=O)[nH]c3c2)CC1. The summed E-state index contributed by atoms with van der Waals surface area (Å²) in [5.41, 5.74) is 9.67. The number of nitrogens with two attached hydrogens (primary N) is 1. The number of nitrogens with zero attached hydrogens (tertiary/aromatic N) is 3. The minimum absolute atomic E-state index is 0.268. The van der Waals surface area contributed by atoms with Crippen LogP contribution in [0.15, 0.2) is 34.4 Å². The molecule has 0 unspecified atom stereocenters. The first kappa shape index (κ1) is 21.3. The lowest BCUT2D eigenvalue weighted by molar-refractivity contribution is 0.0240. The molecular formula is C23H26N6O3S. The standard InChI is InChI=1S/C23H26N6O3S/c1-23(2,3)32-22(31)29-9-7-28(8-10-29)13-4-5-14-16(12-13)26-20(25-14)17-18(24)19-15(6-11-33-19)27-21(17)30/h4-6,11-12H,7-10H2,1-3H3,(H,25,26)(H3,24,27,30). The number of pyridine rings is 1. The summed E-state index contributed by atoms with van der Waals surface area (Å²) in [6.07, 6.45) is -0.277. The van der Waals surface area contributed by atoms with E-state index in [1.807, 2.05) is 50.4 Å². The van der Waals surface area contributed by atoms with Gasteiger partial charge in [-0.15, -0.1) is 11.3 Å². The van der Waals surface area contributed by atoms with E-state index in [1.165, 1.54) is 11.3 Å². The van der Waals surface area contributed by atoms with Crippen LogP contribution in [0.3, 0.4) is 0 Å². The average Bonchev–Trinajstić information content (AvgIpc) is 3.39. The van der Waals surface area contributed by atoms with Crippen molar-refractivity contribution in [2.45, 2.75) is 26.4 Å². The van der Waals surface area contributed by atoms with Gasteiger partial charge in [0.1, 0.15) is 17.0 Å². The molecule has 1 saturated heterocycles. The third-order valence-electron chi connectivity index (χ3n) is 5.65. The zero-order valence-corrected chi connectivity index (χ0v) is 19.6. The van der Waals surface area contributed by atoms with Crippen LogP contribution in [0.2, 0.25) is 0 Å². The van der Waals surface area contributed by atoms with Crippen LogP contribution in [-0.4, -0.2) is 57.7 Å². The molecule has 5 rings (SSSR count). The first-order valence-electron chi connectivity index (χ1n) is 10.8. The van der Waals surface area contributed by atoms with Gasteiger partial charge in [-0.2, -0.15) is 0 Å². The van der Waals surface area contributed by atoms with Crippen LogP contribution in [0, 0.1) is 0 Å². The highest BCUT2D eigenvalue weighted by molar-refractivity contribution is 7.17. The molecule has 1 aromatic carbocycles. The Hall–Kier alpha value is -3.53. The summed E-state index contributed by atoms with van der Waals surface area (Å²) in [6, 6.07) is 7.79. The monoisotopic (exact) mass is 466 g/mol. The van der Waals surface area contributed by atoms with Gasteiger partial charge in [-0.25, -0.2) is 9.78 Å². The van der Waals surface area contributed by atoms with Crippen LogP contribution < -0.4 is 16.2 Å². The van der Waals surface area contributed by atoms with Gasteiger partial charge in [0, 0.05) is 31.9 Å². The van der Waals surface area contributed by atoms with Gasteiger partial charge in [0.2, 0.25) is 0 Å². The zero-order chi connectivity index (χ0) is 23.3. The number of aromatic amines is 2. The van der Waals surface area contributed by atoms with Crippen molar-refractivity contribution in [3.63, 3.8) is 0 Å². The number of thiophene rings is 1. The van der Waals surface area contributed by atoms with Crippen molar-refractivity contribution in [2.24, 2.45) is 0 Å². The molecule has 4 heterocycles. The van der Waals surface area contributed by atoms with E-state index in [9.17, 15) is 9.59 Å². The molecule has 0 saturated carbocycles. The van der Waals surface area contributed by atoms with Crippen LogP contribution in [-0.2, 0) is 4.74 Å². The number of hydrogen-bond donors (Lipinski definition) is 3. The highest BCUT2D eigenvalue weighted by Crippen LogP contribution is 2.32. The summed E-state index contributed by atoms with van der Waals surface area (Å²) in [6.45, 7) is 8.20. The maximum atomic E-state index is 12.7. The normalized spacial score (nSPS) is 14.9. The fourth-order valence-electron chi connectivity index (χ4n) is 4.06. The molecule has 10 heteroatoms. The number of piperazine rings is 1. The Bertz CT molecular complexity index is 1410. The van der Waals surface area contributed by atoms with E-state index in [4.69, 9.17) is 10.5 Å². The summed E-state index contributed by atoms with van der Waals surface area (Å²) < 4.78 is 6.32. The maximum absolute atomic E-state index is 12.7. The van der Waals surface area contributed by atoms with Gasteiger partial charge in [0.05, 0.1) is 26.9 Å². The van der Waals surface area contributed by atoms with Crippen molar-refractivity contribution in [3.05, 3.63) is 40.0 Å². The van der Waals surface area contributed by atoms with E-state index < -0.39 is 5.60 Å². The number of aromatic nitrogens is 3. The highest BCUT2D eigenvalue weighted by atomic mass is 32.1. The van der Waals surface area contributed by atoms with Crippen molar-refractivity contribution in [1.82, 2.24) is 19.9 Å². The van der Waals surface area contributed by atoms with E-state index in [0.29, 0.717) is 43.3 Å². The van der Waals surface area contributed by atoms with E-state index in [-0.39, 0.29) is 11.7 Å². The van der Waals surface area contributed by atoms with E-state index in [0.717, 1.165) is 26.9 Å². The number of amides is 1. The third kappa shape index (κ3) is 4.02. The van der Waals surface area contributed by atoms with Crippen molar-refractivity contribution in [1.29, 1.82) is 0 Å². The lowest BCUT2D eigenvalue weighted by Gasteiger charge is -2.36. The highest BCUT2D eigenvalue weighted by Gasteiger charge is 2.26. The molecule has 172 valence electrons. The Morgan fingerprint density at radius 2 is 1.88 bits per heavy atom. The number of ether oxygens (including phenoxy) is 1. The number of benzene rings is 1. The molecule has 1 amide bonds. The fraction of sp³-hybridized carbons (Fsp3) is 0.348. The Morgan fingerprint density at radius 3 is 2.61 bits per heavy atom. The molecule has 0 atom stereocenters. The molecule has 33 heavy (non-hydrogen) atoms. The van der Waals surface area contributed by atoms with Gasteiger partial charge in [0.15, 0.2) is 0 Å². The number of rotatable bonds is 2. The quantitative estimate of drug-likeness (QED) is 0.414. The molecule has 0 aliphatic carbocycles. The minimum atomic E-state index is -0.503. The van der Waals surface area contributed by atoms with Crippen molar-refractivity contribution >= 4 is 50.1 Å². The smallest absolute Gasteiger partial charge is 0.410 e. The van der Waals surface area contributed by atoms with Crippen LogP contribution in [0.4, 0.5) is 16.2 Å². The Morgan fingerprint density at radius 1 is 1.12 bits per heavy atom. The minimum Gasteiger partial charge on any atom is -0.444 e. The number of anilines is 2. The molecule has 0 spiro atoms. The Balaban J connectivity index is 1.38. The molecule has 1 aliphatic heterocycles.